The fourth-order valence-electron chi connectivity index (χ4n) is 1.33. The molecule has 1 aromatic heterocycles. The molecule has 2 rings (SSSR count). The van der Waals surface area contributed by atoms with Crippen LogP contribution in [0.5, 0.6) is 0 Å². The summed E-state index contributed by atoms with van der Waals surface area (Å²) in [5.41, 5.74) is 5.35. The highest BCUT2D eigenvalue weighted by molar-refractivity contribution is 6.31. The first kappa shape index (κ1) is 13.0. The third-order valence-electron chi connectivity index (χ3n) is 2.17. The molecule has 0 amide bonds. The van der Waals surface area contributed by atoms with Gasteiger partial charge in [-0.1, -0.05) is 11.6 Å². The molecule has 0 atom stereocenters. The van der Waals surface area contributed by atoms with Crippen LogP contribution in [0.15, 0.2) is 24.4 Å². The Morgan fingerprint density at radius 3 is 2.84 bits per heavy atom. The van der Waals surface area contributed by atoms with Crippen molar-refractivity contribution in [3.63, 3.8) is 0 Å². The van der Waals surface area contributed by atoms with E-state index in [0.717, 1.165) is 12.3 Å². The van der Waals surface area contributed by atoms with Crippen LogP contribution in [0.3, 0.4) is 0 Å². The van der Waals surface area contributed by atoms with Gasteiger partial charge in [-0.3, -0.25) is 10.1 Å². The van der Waals surface area contributed by atoms with E-state index < -0.39 is 10.7 Å². The van der Waals surface area contributed by atoms with Crippen molar-refractivity contribution in [3.05, 3.63) is 45.4 Å². The summed E-state index contributed by atoms with van der Waals surface area (Å²) in [6.07, 6.45) is 0.982. The Kier molecular flexibility index (Phi) is 3.43. The Labute approximate surface area is 111 Å². The molecule has 2 aromatic rings. The van der Waals surface area contributed by atoms with Crippen LogP contribution in [-0.4, -0.2) is 14.9 Å². The zero-order chi connectivity index (χ0) is 14.0. The summed E-state index contributed by atoms with van der Waals surface area (Å²) in [4.78, 5) is 17.4. The summed E-state index contributed by atoms with van der Waals surface area (Å²) < 4.78 is 13.0. The molecule has 0 unspecified atom stereocenters. The quantitative estimate of drug-likeness (QED) is 0.662. The van der Waals surface area contributed by atoms with Gasteiger partial charge < -0.3 is 11.1 Å². The summed E-state index contributed by atoms with van der Waals surface area (Å²) in [5, 5.41) is 13.3. The minimum atomic E-state index is -0.660. The highest BCUT2D eigenvalue weighted by Gasteiger charge is 2.17. The van der Waals surface area contributed by atoms with Crippen molar-refractivity contribution in [2.24, 2.45) is 0 Å². The Hall–Kier alpha value is -2.48. The molecule has 0 bridgehead atoms. The van der Waals surface area contributed by atoms with E-state index in [0.29, 0.717) is 5.69 Å². The molecule has 9 heteroatoms. The molecule has 0 aliphatic carbocycles. The lowest BCUT2D eigenvalue weighted by molar-refractivity contribution is -0.384. The molecule has 7 nitrogen and oxygen atoms in total. The largest absolute Gasteiger partial charge is 0.368 e. The lowest BCUT2D eigenvalue weighted by atomic mass is 10.3. The average molecular weight is 284 g/mol. The lowest BCUT2D eigenvalue weighted by Crippen LogP contribution is -2.04. The summed E-state index contributed by atoms with van der Waals surface area (Å²) >= 11 is 5.61. The van der Waals surface area contributed by atoms with Crippen LogP contribution in [-0.2, 0) is 0 Å². The molecule has 1 heterocycles. The molecule has 19 heavy (non-hydrogen) atoms. The normalized spacial score (nSPS) is 10.2. The van der Waals surface area contributed by atoms with Gasteiger partial charge in [-0.05, 0) is 18.2 Å². The fraction of sp³-hybridized carbons (Fsp3) is 0. The number of hydrogen-bond acceptors (Lipinski definition) is 6. The van der Waals surface area contributed by atoms with Crippen molar-refractivity contribution in [1.29, 1.82) is 0 Å². The number of benzene rings is 1. The summed E-state index contributed by atoms with van der Waals surface area (Å²) in [6, 6.07) is 3.77. The highest BCUT2D eigenvalue weighted by atomic mass is 35.5. The van der Waals surface area contributed by atoms with E-state index in [-0.39, 0.29) is 22.5 Å². The van der Waals surface area contributed by atoms with E-state index in [1.807, 2.05) is 0 Å². The zero-order valence-electron chi connectivity index (χ0n) is 9.30. The second-order valence-electron chi connectivity index (χ2n) is 3.47. The van der Waals surface area contributed by atoms with Crippen LogP contribution in [0, 0.1) is 15.9 Å². The third-order valence-corrected chi connectivity index (χ3v) is 2.46. The summed E-state index contributed by atoms with van der Waals surface area (Å²) in [7, 11) is 0. The minimum Gasteiger partial charge on any atom is -0.368 e. The summed E-state index contributed by atoms with van der Waals surface area (Å²) in [5.74, 6) is -0.814. The average Bonchev–Trinajstić information content (AvgIpc) is 2.33. The van der Waals surface area contributed by atoms with Gasteiger partial charge in [0, 0.05) is 5.69 Å². The second-order valence-corrected chi connectivity index (χ2v) is 3.88. The zero-order valence-corrected chi connectivity index (χ0v) is 10.1. The first-order chi connectivity index (χ1) is 8.97. The van der Waals surface area contributed by atoms with Crippen LogP contribution in [0.2, 0.25) is 5.02 Å². The van der Waals surface area contributed by atoms with Gasteiger partial charge in [-0.25, -0.2) is 9.37 Å². The monoisotopic (exact) mass is 283 g/mol. The topological polar surface area (TPSA) is 107 Å². The van der Waals surface area contributed by atoms with Gasteiger partial charge in [0.2, 0.25) is 11.8 Å². The van der Waals surface area contributed by atoms with Gasteiger partial charge in [-0.2, -0.15) is 4.98 Å². The van der Waals surface area contributed by atoms with Gasteiger partial charge in [-0.15, -0.1) is 0 Å². The molecular weight excluding hydrogens is 277 g/mol. The van der Waals surface area contributed by atoms with Crippen LogP contribution >= 0.6 is 11.6 Å². The first-order valence-corrected chi connectivity index (χ1v) is 5.34. The molecule has 98 valence electrons. The van der Waals surface area contributed by atoms with E-state index in [2.05, 4.69) is 15.3 Å². The number of nitrogens with zero attached hydrogens (tertiary/aromatic N) is 3. The molecule has 0 saturated carbocycles. The molecule has 0 saturated heterocycles. The number of rotatable bonds is 3. The van der Waals surface area contributed by atoms with Crippen molar-refractivity contribution in [2.75, 3.05) is 11.1 Å². The van der Waals surface area contributed by atoms with Gasteiger partial charge in [0.05, 0.1) is 9.95 Å². The molecule has 0 spiro atoms. The smallest absolute Gasteiger partial charge is 0.329 e. The Bertz CT molecular complexity index is 652. The second kappa shape index (κ2) is 5.02. The van der Waals surface area contributed by atoms with Crippen LogP contribution < -0.4 is 11.1 Å². The number of nitrogens with one attached hydrogen (secondary N) is 1. The van der Waals surface area contributed by atoms with E-state index in [9.17, 15) is 14.5 Å². The maximum atomic E-state index is 13.0. The Morgan fingerprint density at radius 1 is 1.47 bits per heavy atom. The standard InChI is InChI=1S/C10H7ClFN5O2/c11-6-3-5(1-2-7(6)12)15-9-8(17(18)19)4-14-10(13)16-9/h1-4H,(H3,13,14,15,16). The number of anilines is 3. The van der Waals surface area contributed by atoms with E-state index in [4.69, 9.17) is 17.3 Å². The van der Waals surface area contributed by atoms with Gasteiger partial charge >= 0.3 is 5.69 Å². The summed E-state index contributed by atoms with van der Waals surface area (Å²) in [6.45, 7) is 0. The number of nitro groups is 1. The van der Waals surface area contributed by atoms with Crippen LogP contribution in [0.4, 0.5) is 27.5 Å². The Balaban J connectivity index is 2.39. The number of aromatic nitrogens is 2. The maximum Gasteiger partial charge on any atom is 0.329 e. The fourth-order valence-corrected chi connectivity index (χ4v) is 1.51. The van der Waals surface area contributed by atoms with Gasteiger partial charge in [0.25, 0.3) is 0 Å². The molecule has 0 aliphatic rings. The molecule has 0 aliphatic heterocycles. The van der Waals surface area contributed by atoms with E-state index in [1.54, 1.807) is 0 Å². The predicted octanol–water partition coefficient (Wildman–Crippen LogP) is 2.50. The predicted molar refractivity (Wildman–Crippen MR) is 67.8 cm³/mol. The number of halogens is 2. The molecule has 0 radical (unpaired) electrons. The van der Waals surface area contributed by atoms with Gasteiger partial charge in [0.15, 0.2) is 0 Å². The van der Waals surface area contributed by atoms with Crippen molar-refractivity contribution in [1.82, 2.24) is 9.97 Å². The maximum absolute atomic E-state index is 13.0. The van der Waals surface area contributed by atoms with Crippen LogP contribution in [0.25, 0.3) is 0 Å². The number of nitrogen functional groups attached to an aromatic ring is 1. The molecule has 3 N–H and O–H groups in total. The van der Waals surface area contributed by atoms with Crippen molar-refractivity contribution in [3.8, 4) is 0 Å². The molecule has 0 fully saturated rings. The first-order valence-electron chi connectivity index (χ1n) is 4.96. The number of hydrogen-bond donors (Lipinski definition) is 2. The van der Waals surface area contributed by atoms with Crippen molar-refractivity contribution in [2.45, 2.75) is 0 Å². The minimum absolute atomic E-state index is 0.0971. The third kappa shape index (κ3) is 2.86. The van der Waals surface area contributed by atoms with Crippen molar-refractivity contribution < 1.29 is 9.31 Å². The molecule has 1 aromatic carbocycles. The van der Waals surface area contributed by atoms with E-state index >= 15 is 0 Å². The highest BCUT2D eigenvalue weighted by Crippen LogP contribution is 2.27. The number of nitrogens with two attached hydrogens (primary N) is 1. The molecular formula is C10H7ClFN5O2. The SMILES string of the molecule is Nc1ncc([N+](=O)[O-])c(Nc2ccc(F)c(Cl)c2)n1. The van der Waals surface area contributed by atoms with E-state index in [1.165, 1.54) is 12.1 Å². The Morgan fingerprint density at radius 2 is 2.21 bits per heavy atom. The lowest BCUT2D eigenvalue weighted by Gasteiger charge is -2.07. The van der Waals surface area contributed by atoms with Crippen molar-refractivity contribution >= 4 is 34.7 Å². The van der Waals surface area contributed by atoms with Gasteiger partial charge in [0.1, 0.15) is 12.0 Å². The van der Waals surface area contributed by atoms with Crippen LogP contribution in [0.1, 0.15) is 0 Å².